The van der Waals surface area contributed by atoms with Crippen LogP contribution in [0.2, 0.25) is 0 Å². The second-order valence-corrected chi connectivity index (χ2v) is 9.52. The quantitative estimate of drug-likeness (QED) is 0.529. The number of rotatable bonds is 3. The van der Waals surface area contributed by atoms with Crippen LogP contribution in [-0.2, 0) is 10.8 Å². The van der Waals surface area contributed by atoms with Crippen LogP contribution < -0.4 is 0 Å². The minimum absolute atomic E-state index is 0.166. The Bertz CT molecular complexity index is 804. The summed E-state index contributed by atoms with van der Waals surface area (Å²) in [6.07, 6.45) is 2.40. The van der Waals surface area contributed by atoms with Crippen LogP contribution in [0.25, 0.3) is 0 Å². The zero-order valence-corrected chi connectivity index (χ0v) is 17.4. The molecule has 1 N–H and O–H groups in total. The standard InChI is InChI=1S/C22H27BrN2/c1-14-12-18-19(22(4,5)11-10-21(18,2)3)13-17(14)20(25-24)15-6-8-16(23)9-7-15/h6-9,12-13,20,24H,10-11H2,1-5H3. The maximum Gasteiger partial charge on any atom is 0.121 e. The number of halogens is 1. The maximum atomic E-state index is 7.82. The predicted molar refractivity (Wildman–Crippen MR) is 108 cm³/mol. The highest BCUT2D eigenvalue weighted by atomic mass is 79.9. The van der Waals surface area contributed by atoms with Gasteiger partial charge in [0.05, 0.1) is 0 Å². The van der Waals surface area contributed by atoms with Crippen LogP contribution in [0.15, 0.2) is 46.0 Å². The number of aryl methyl sites for hydroxylation is 1. The van der Waals surface area contributed by atoms with Crippen molar-refractivity contribution in [3.63, 3.8) is 0 Å². The van der Waals surface area contributed by atoms with Crippen molar-refractivity contribution in [2.45, 2.75) is 64.3 Å². The molecule has 2 nitrogen and oxygen atoms in total. The molecule has 3 rings (SSSR count). The van der Waals surface area contributed by atoms with E-state index >= 15 is 0 Å². The Morgan fingerprint density at radius 3 is 2.00 bits per heavy atom. The SMILES string of the molecule is Cc1cc2c(cc1C(N=N)c1ccc(Br)cc1)C(C)(C)CCC2(C)C. The molecule has 1 unspecified atom stereocenters. The molecule has 2 aromatic rings. The van der Waals surface area contributed by atoms with Gasteiger partial charge >= 0.3 is 0 Å². The first-order chi connectivity index (χ1) is 11.7. The summed E-state index contributed by atoms with van der Waals surface area (Å²) in [7, 11) is 0. The zero-order valence-electron chi connectivity index (χ0n) is 15.8. The van der Waals surface area contributed by atoms with Crippen LogP contribution in [0.4, 0.5) is 0 Å². The third kappa shape index (κ3) is 3.31. The van der Waals surface area contributed by atoms with E-state index in [1.54, 1.807) is 0 Å². The van der Waals surface area contributed by atoms with Crippen molar-refractivity contribution >= 4 is 15.9 Å². The van der Waals surface area contributed by atoms with E-state index in [4.69, 9.17) is 5.53 Å². The second-order valence-electron chi connectivity index (χ2n) is 8.61. The molecule has 2 aromatic carbocycles. The van der Waals surface area contributed by atoms with E-state index in [-0.39, 0.29) is 16.9 Å². The van der Waals surface area contributed by atoms with Crippen molar-refractivity contribution in [2.24, 2.45) is 5.11 Å². The lowest BCUT2D eigenvalue weighted by Gasteiger charge is -2.42. The highest BCUT2D eigenvalue weighted by molar-refractivity contribution is 9.10. The Kier molecular flexibility index (Phi) is 4.65. The lowest BCUT2D eigenvalue weighted by Crippen LogP contribution is -2.34. The largest absolute Gasteiger partial charge is 0.209 e. The molecule has 1 atom stereocenters. The number of nitrogens with zero attached hydrogens (tertiary/aromatic N) is 1. The van der Waals surface area contributed by atoms with E-state index in [0.717, 1.165) is 15.6 Å². The lowest BCUT2D eigenvalue weighted by molar-refractivity contribution is 0.331. The number of hydrogen-bond donors (Lipinski definition) is 1. The molecule has 0 saturated carbocycles. The monoisotopic (exact) mass is 398 g/mol. The summed E-state index contributed by atoms with van der Waals surface area (Å²) in [5.41, 5.74) is 14.5. The lowest BCUT2D eigenvalue weighted by atomic mass is 9.62. The minimum atomic E-state index is -0.237. The number of hydrogen-bond acceptors (Lipinski definition) is 2. The van der Waals surface area contributed by atoms with E-state index < -0.39 is 0 Å². The highest BCUT2D eigenvalue weighted by Crippen LogP contribution is 2.47. The Hall–Kier alpha value is -1.48. The number of nitrogens with one attached hydrogen (secondary N) is 1. The molecular weight excluding hydrogens is 372 g/mol. The summed E-state index contributed by atoms with van der Waals surface area (Å²) >= 11 is 3.49. The fourth-order valence-electron chi connectivity index (χ4n) is 4.00. The third-order valence-electron chi connectivity index (χ3n) is 5.85. The molecule has 1 aliphatic carbocycles. The highest BCUT2D eigenvalue weighted by Gasteiger charge is 2.38. The topological polar surface area (TPSA) is 36.2 Å². The van der Waals surface area contributed by atoms with Gasteiger partial charge in [-0.05, 0) is 70.5 Å². The summed E-state index contributed by atoms with van der Waals surface area (Å²) in [6.45, 7) is 11.5. The molecular formula is C22H27BrN2. The normalized spacial score (nSPS) is 19.1. The Morgan fingerprint density at radius 1 is 0.960 bits per heavy atom. The van der Waals surface area contributed by atoms with Gasteiger partial charge in [0.25, 0.3) is 0 Å². The van der Waals surface area contributed by atoms with Gasteiger partial charge in [-0.15, -0.1) is 0 Å². The molecule has 0 bridgehead atoms. The molecule has 25 heavy (non-hydrogen) atoms. The van der Waals surface area contributed by atoms with Gasteiger partial charge < -0.3 is 0 Å². The first-order valence-electron chi connectivity index (χ1n) is 8.93. The fraction of sp³-hybridized carbons (Fsp3) is 0.455. The van der Waals surface area contributed by atoms with Gasteiger partial charge in [0.2, 0.25) is 0 Å². The van der Waals surface area contributed by atoms with Gasteiger partial charge in [0, 0.05) is 4.47 Å². The van der Waals surface area contributed by atoms with Crippen molar-refractivity contribution in [1.82, 2.24) is 0 Å². The van der Waals surface area contributed by atoms with E-state index in [1.165, 1.54) is 29.5 Å². The van der Waals surface area contributed by atoms with Crippen molar-refractivity contribution in [2.75, 3.05) is 0 Å². The Balaban J connectivity index is 2.17. The summed E-state index contributed by atoms with van der Waals surface area (Å²) < 4.78 is 1.05. The molecule has 0 amide bonds. The first-order valence-corrected chi connectivity index (χ1v) is 9.72. The maximum absolute atomic E-state index is 7.82. The fourth-order valence-corrected chi connectivity index (χ4v) is 4.27. The van der Waals surface area contributed by atoms with E-state index in [2.05, 4.69) is 79.9 Å². The zero-order chi connectivity index (χ0) is 18.4. The van der Waals surface area contributed by atoms with Crippen LogP contribution in [0.1, 0.15) is 74.4 Å². The Morgan fingerprint density at radius 2 is 1.48 bits per heavy atom. The second kappa shape index (κ2) is 6.35. The van der Waals surface area contributed by atoms with Gasteiger partial charge in [0.1, 0.15) is 6.04 Å². The van der Waals surface area contributed by atoms with Crippen LogP contribution in [0.3, 0.4) is 0 Å². The number of benzene rings is 2. The summed E-state index contributed by atoms with van der Waals surface area (Å²) in [5.74, 6) is 0. The summed E-state index contributed by atoms with van der Waals surface area (Å²) in [5, 5.41) is 3.99. The predicted octanol–water partition coefficient (Wildman–Crippen LogP) is 7.23. The van der Waals surface area contributed by atoms with Gasteiger partial charge in [-0.1, -0.05) is 67.9 Å². The molecule has 0 aliphatic heterocycles. The average Bonchev–Trinajstić information content (AvgIpc) is 2.55. The van der Waals surface area contributed by atoms with Crippen LogP contribution >= 0.6 is 15.9 Å². The third-order valence-corrected chi connectivity index (χ3v) is 6.38. The van der Waals surface area contributed by atoms with Gasteiger partial charge in [0.15, 0.2) is 0 Å². The smallest absolute Gasteiger partial charge is 0.121 e. The molecule has 0 radical (unpaired) electrons. The molecule has 0 spiro atoms. The summed E-state index contributed by atoms with van der Waals surface area (Å²) in [6, 6.07) is 12.6. The van der Waals surface area contributed by atoms with Crippen molar-refractivity contribution in [1.29, 1.82) is 5.53 Å². The van der Waals surface area contributed by atoms with Crippen LogP contribution in [0.5, 0.6) is 0 Å². The van der Waals surface area contributed by atoms with E-state index in [1.807, 2.05) is 12.1 Å². The van der Waals surface area contributed by atoms with E-state index in [9.17, 15) is 0 Å². The van der Waals surface area contributed by atoms with Gasteiger partial charge in [-0.3, -0.25) is 0 Å². The molecule has 0 heterocycles. The number of fused-ring (bicyclic) bond motifs is 1. The molecule has 0 saturated heterocycles. The van der Waals surface area contributed by atoms with Crippen molar-refractivity contribution in [3.8, 4) is 0 Å². The van der Waals surface area contributed by atoms with Crippen molar-refractivity contribution in [3.05, 3.63) is 68.7 Å². The van der Waals surface area contributed by atoms with Gasteiger partial charge in [-0.25, -0.2) is 5.53 Å². The van der Waals surface area contributed by atoms with Crippen LogP contribution in [-0.4, -0.2) is 0 Å². The molecule has 132 valence electrons. The molecule has 0 aromatic heterocycles. The van der Waals surface area contributed by atoms with Crippen molar-refractivity contribution < 1.29 is 0 Å². The minimum Gasteiger partial charge on any atom is -0.209 e. The molecule has 3 heteroatoms. The van der Waals surface area contributed by atoms with Gasteiger partial charge in [-0.2, -0.15) is 5.11 Å². The summed E-state index contributed by atoms with van der Waals surface area (Å²) in [4.78, 5) is 0. The van der Waals surface area contributed by atoms with E-state index in [0.29, 0.717) is 0 Å². The Labute approximate surface area is 159 Å². The molecule has 1 aliphatic rings. The average molecular weight is 399 g/mol. The first kappa shape index (κ1) is 18.3. The molecule has 0 fully saturated rings. The van der Waals surface area contributed by atoms with Crippen LogP contribution in [0, 0.1) is 12.5 Å².